The largest absolute Gasteiger partial charge is 0.359 e. The van der Waals surface area contributed by atoms with Crippen LogP contribution >= 0.6 is 0 Å². The number of aryl methyl sites for hydroxylation is 2. The SMILES string of the molecule is Cc1ccnc(NC(C)c2nncn2C)c1C#N. The number of nitrogens with zero attached hydrogens (tertiary/aromatic N) is 5. The molecule has 0 fully saturated rings. The summed E-state index contributed by atoms with van der Waals surface area (Å²) in [7, 11) is 1.88. The lowest BCUT2D eigenvalue weighted by Gasteiger charge is -2.15. The Morgan fingerprint density at radius 2 is 2.28 bits per heavy atom. The molecule has 6 heteroatoms. The molecule has 0 aromatic carbocycles. The predicted molar refractivity (Wildman–Crippen MR) is 66.7 cm³/mol. The van der Waals surface area contributed by atoms with Gasteiger partial charge in [-0.15, -0.1) is 10.2 Å². The molecular formula is C12H14N6. The van der Waals surface area contributed by atoms with Crippen molar-refractivity contribution in [3.05, 3.63) is 35.5 Å². The maximum absolute atomic E-state index is 9.13. The van der Waals surface area contributed by atoms with E-state index in [0.717, 1.165) is 11.4 Å². The number of rotatable bonds is 3. The van der Waals surface area contributed by atoms with E-state index in [4.69, 9.17) is 5.26 Å². The van der Waals surface area contributed by atoms with Crippen molar-refractivity contribution < 1.29 is 0 Å². The fourth-order valence-corrected chi connectivity index (χ4v) is 1.76. The molecule has 0 saturated carbocycles. The van der Waals surface area contributed by atoms with Crippen molar-refractivity contribution in [2.75, 3.05) is 5.32 Å². The van der Waals surface area contributed by atoms with Gasteiger partial charge in [0, 0.05) is 13.2 Å². The van der Waals surface area contributed by atoms with Gasteiger partial charge in [0.2, 0.25) is 0 Å². The number of hydrogen-bond acceptors (Lipinski definition) is 5. The van der Waals surface area contributed by atoms with E-state index in [1.165, 1.54) is 0 Å². The van der Waals surface area contributed by atoms with Crippen molar-refractivity contribution in [2.24, 2.45) is 7.05 Å². The average Bonchev–Trinajstić information content (AvgIpc) is 2.76. The second-order valence-corrected chi connectivity index (χ2v) is 4.13. The number of nitrogens with one attached hydrogen (secondary N) is 1. The highest BCUT2D eigenvalue weighted by molar-refractivity contribution is 5.55. The van der Waals surface area contributed by atoms with E-state index in [2.05, 4.69) is 26.6 Å². The van der Waals surface area contributed by atoms with Crippen LogP contribution in [0.4, 0.5) is 5.82 Å². The minimum atomic E-state index is -0.0705. The average molecular weight is 242 g/mol. The van der Waals surface area contributed by atoms with Crippen LogP contribution in [0.5, 0.6) is 0 Å². The molecule has 92 valence electrons. The van der Waals surface area contributed by atoms with E-state index >= 15 is 0 Å². The molecule has 0 saturated heterocycles. The minimum Gasteiger partial charge on any atom is -0.359 e. The van der Waals surface area contributed by atoms with Gasteiger partial charge in [-0.05, 0) is 25.5 Å². The van der Waals surface area contributed by atoms with Gasteiger partial charge in [-0.25, -0.2) is 4.98 Å². The van der Waals surface area contributed by atoms with Gasteiger partial charge in [0.15, 0.2) is 5.82 Å². The zero-order valence-corrected chi connectivity index (χ0v) is 10.5. The topological polar surface area (TPSA) is 79.4 Å². The van der Waals surface area contributed by atoms with Gasteiger partial charge in [0.25, 0.3) is 0 Å². The number of hydrogen-bond donors (Lipinski definition) is 1. The van der Waals surface area contributed by atoms with Crippen molar-refractivity contribution in [2.45, 2.75) is 19.9 Å². The van der Waals surface area contributed by atoms with Crippen molar-refractivity contribution in [3.8, 4) is 6.07 Å². The molecule has 2 rings (SSSR count). The third-order valence-corrected chi connectivity index (χ3v) is 2.76. The molecule has 0 radical (unpaired) electrons. The monoisotopic (exact) mass is 242 g/mol. The molecule has 1 N–H and O–H groups in total. The molecule has 0 aliphatic heterocycles. The Hall–Kier alpha value is -2.42. The summed E-state index contributed by atoms with van der Waals surface area (Å²) in [5.74, 6) is 1.37. The molecule has 0 bridgehead atoms. The van der Waals surface area contributed by atoms with Crippen LogP contribution in [0.15, 0.2) is 18.6 Å². The Morgan fingerprint density at radius 1 is 1.50 bits per heavy atom. The zero-order valence-electron chi connectivity index (χ0n) is 10.5. The normalized spacial score (nSPS) is 11.9. The van der Waals surface area contributed by atoms with Crippen LogP contribution in [0.2, 0.25) is 0 Å². The summed E-state index contributed by atoms with van der Waals surface area (Å²) in [6.45, 7) is 3.84. The molecular weight excluding hydrogens is 228 g/mol. The van der Waals surface area contributed by atoms with Gasteiger partial charge in [-0.3, -0.25) is 0 Å². The quantitative estimate of drug-likeness (QED) is 0.883. The van der Waals surface area contributed by atoms with E-state index in [0.29, 0.717) is 11.4 Å². The lowest BCUT2D eigenvalue weighted by Crippen LogP contribution is -2.14. The van der Waals surface area contributed by atoms with Crippen LogP contribution in [0, 0.1) is 18.3 Å². The standard InChI is InChI=1S/C12H14N6/c1-8-4-5-14-11(10(8)6-13)16-9(2)12-17-15-7-18(12)3/h4-5,7,9H,1-3H3,(H,14,16). The Morgan fingerprint density at radius 3 is 2.89 bits per heavy atom. The van der Waals surface area contributed by atoms with E-state index < -0.39 is 0 Å². The van der Waals surface area contributed by atoms with Crippen molar-refractivity contribution >= 4 is 5.82 Å². The van der Waals surface area contributed by atoms with E-state index in [9.17, 15) is 0 Å². The summed E-state index contributed by atoms with van der Waals surface area (Å²) in [6.07, 6.45) is 3.32. The maximum atomic E-state index is 9.13. The summed E-state index contributed by atoms with van der Waals surface area (Å²) < 4.78 is 1.83. The summed E-state index contributed by atoms with van der Waals surface area (Å²) in [5.41, 5.74) is 1.46. The minimum absolute atomic E-state index is 0.0705. The highest BCUT2D eigenvalue weighted by Gasteiger charge is 2.14. The third-order valence-electron chi connectivity index (χ3n) is 2.76. The van der Waals surface area contributed by atoms with E-state index in [-0.39, 0.29) is 6.04 Å². The second kappa shape index (κ2) is 4.84. The highest BCUT2D eigenvalue weighted by Crippen LogP contribution is 2.20. The van der Waals surface area contributed by atoms with Crippen molar-refractivity contribution in [3.63, 3.8) is 0 Å². The molecule has 0 amide bonds. The lowest BCUT2D eigenvalue weighted by atomic mass is 10.1. The molecule has 2 aromatic rings. The molecule has 0 aliphatic rings. The molecule has 1 unspecified atom stereocenters. The summed E-state index contributed by atoms with van der Waals surface area (Å²) in [4.78, 5) is 4.20. The first-order valence-corrected chi connectivity index (χ1v) is 5.59. The van der Waals surface area contributed by atoms with E-state index in [1.807, 2.05) is 31.5 Å². The zero-order chi connectivity index (χ0) is 13.1. The summed E-state index contributed by atoms with van der Waals surface area (Å²) in [5, 5.41) is 20.2. The van der Waals surface area contributed by atoms with Gasteiger partial charge in [0.1, 0.15) is 18.2 Å². The summed E-state index contributed by atoms with van der Waals surface area (Å²) >= 11 is 0. The molecule has 0 aliphatic carbocycles. The summed E-state index contributed by atoms with van der Waals surface area (Å²) in [6, 6.07) is 3.91. The Kier molecular flexibility index (Phi) is 3.24. The fraction of sp³-hybridized carbons (Fsp3) is 0.333. The number of anilines is 1. The van der Waals surface area contributed by atoms with Gasteiger partial charge < -0.3 is 9.88 Å². The smallest absolute Gasteiger partial charge is 0.154 e. The van der Waals surface area contributed by atoms with Crippen LogP contribution in [0.1, 0.15) is 29.9 Å². The van der Waals surface area contributed by atoms with Crippen LogP contribution < -0.4 is 5.32 Å². The van der Waals surface area contributed by atoms with Crippen LogP contribution in [0.25, 0.3) is 0 Å². The predicted octanol–water partition coefficient (Wildman–Crippen LogP) is 1.56. The first kappa shape index (κ1) is 12.0. The first-order chi connectivity index (χ1) is 8.63. The number of aromatic nitrogens is 4. The molecule has 2 heterocycles. The molecule has 6 nitrogen and oxygen atoms in total. The number of nitriles is 1. The Bertz CT molecular complexity index is 595. The third kappa shape index (κ3) is 2.15. The molecule has 2 aromatic heterocycles. The van der Waals surface area contributed by atoms with Crippen molar-refractivity contribution in [1.29, 1.82) is 5.26 Å². The van der Waals surface area contributed by atoms with Crippen molar-refractivity contribution in [1.82, 2.24) is 19.7 Å². The molecule has 1 atom stereocenters. The first-order valence-electron chi connectivity index (χ1n) is 5.59. The fourth-order valence-electron chi connectivity index (χ4n) is 1.76. The van der Waals surface area contributed by atoms with E-state index in [1.54, 1.807) is 12.5 Å². The lowest BCUT2D eigenvalue weighted by molar-refractivity contribution is 0.716. The molecule has 18 heavy (non-hydrogen) atoms. The van der Waals surface area contributed by atoms with Gasteiger partial charge in [-0.2, -0.15) is 5.26 Å². The van der Waals surface area contributed by atoms with Gasteiger partial charge in [-0.1, -0.05) is 0 Å². The molecule has 0 spiro atoms. The Labute approximate surface area is 105 Å². The van der Waals surface area contributed by atoms with Crippen LogP contribution in [-0.4, -0.2) is 19.7 Å². The van der Waals surface area contributed by atoms with Gasteiger partial charge in [0.05, 0.1) is 11.6 Å². The van der Waals surface area contributed by atoms with Crippen LogP contribution in [-0.2, 0) is 7.05 Å². The Balaban J connectivity index is 2.28. The highest BCUT2D eigenvalue weighted by atomic mass is 15.3. The van der Waals surface area contributed by atoms with Crippen LogP contribution in [0.3, 0.4) is 0 Å². The number of pyridine rings is 1. The maximum Gasteiger partial charge on any atom is 0.154 e. The second-order valence-electron chi connectivity index (χ2n) is 4.13. The van der Waals surface area contributed by atoms with Gasteiger partial charge >= 0.3 is 0 Å².